The fourth-order valence-corrected chi connectivity index (χ4v) is 1.41. The fraction of sp³-hybridized carbons (Fsp3) is 0.429. The number of amides is 1. The van der Waals surface area contributed by atoms with Crippen LogP contribution in [-0.4, -0.2) is 31.6 Å². The first kappa shape index (κ1) is 15.0. The molecule has 0 aliphatic carbocycles. The highest BCUT2D eigenvalue weighted by atomic mass is 16.5. The van der Waals surface area contributed by atoms with Crippen molar-refractivity contribution < 1.29 is 19.1 Å². The van der Waals surface area contributed by atoms with Gasteiger partial charge in [-0.25, -0.2) is 0 Å². The molecule has 0 aromatic heterocycles. The number of ether oxygens (including phenoxy) is 2. The molecule has 1 aromatic carbocycles. The quantitative estimate of drug-likeness (QED) is 0.790. The summed E-state index contributed by atoms with van der Waals surface area (Å²) in [4.78, 5) is 22.6. The van der Waals surface area contributed by atoms with E-state index < -0.39 is 6.10 Å². The van der Waals surface area contributed by atoms with Crippen LogP contribution in [0.2, 0.25) is 0 Å². The number of esters is 1. The number of nitrogens with one attached hydrogen (secondary N) is 1. The summed E-state index contributed by atoms with van der Waals surface area (Å²) in [5.41, 5.74) is 1.13. The van der Waals surface area contributed by atoms with Crippen molar-refractivity contribution in [2.75, 3.05) is 13.7 Å². The van der Waals surface area contributed by atoms with Crippen molar-refractivity contribution in [2.45, 2.75) is 26.4 Å². The third-order valence-electron chi connectivity index (χ3n) is 2.56. The lowest BCUT2D eigenvalue weighted by Gasteiger charge is -2.14. The number of carbonyl (C=O) groups excluding carboxylic acids is 2. The topological polar surface area (TPSA) is 64.6 Å². The van der Waals surface area contributed by atoms with Gasteiger partial charge in [0.15, 0.2) is 6.10 Å². The summed E-state index contributed by atoms with van der Waals surface area (Å²) in [6.07, 6.45) is -0.459. The molecule has 1 rings (SSSR count). The van der Waals surface area contributed by atoms with Gasteiger partial charge in [-0.15, -0.1) is 0 Å². The Balaban J connectivity index is 2.36. The molecule has 1 atom stereocenters. The van der Waals surface area contributed by atoms with E-state index >= 15 is 0 Å². The molecule has 1 amide bonds. The Morgan fingerprint density at radius 2 is 1.89 bits per heavy atom. The van der Waals surface area contributed by atoms with Crippen molar-refractivity contribution in [3.63, 3.8) is 0 Å². The minimum absolute atomic E-state index is 0.152. The van der Waals surface area contributed by atoms with E-state index in [0.717, 1.165) is 5.56 Å². The second kappa shape index (κ2) is 7.41. The molecule has 1 aromatic rings. The number of hydrogen-bond acceptors (Lipinski definition) is 4. The molecule has 5 heteroatoms. The van der Waals surface area contributed by atoms with E-state index in [9.17, 15) is 9.59 Å². The van der Waals surface area contributed by atoms with Gasteiger partial charge >= 0.3 is 5.97 Å². The van der Waals surface area contributed by atoms with Crippen molar-refractivity contribution in [1.29, 1.82) is 0 Å². The third-order valence-corrected chi connectivity index (χ3v) is 2.56. The molecule has 104 valence electrons. The van der Waals surface area contributed by atoms with Crippen LogP contribution in [0.4, 0.5) is 0 Å². The zero-order valence-electron chi connectivity index (χ0n) is 11.4. The Bertz CT molecular complexity index is 428. The van der Waals surface area contributed by atoms with Crippen molar-refractivity contribution in [1.82, 2.24) is 5.32 Å². The largest absolute Gasteiger partial charge is 0.481 e. The third kappa shape index (κ3) is 5.42. The van der Waals surface area contributed by atoms with E-state index in [2.05, 4.69) is 10.1 Å². The molecule has 0 aliphatic rings. The molecule has 0 bridgehead atoms. The van der Waals surface area contributed by atoms with E-state index in [4.69, 9.17) is 4.74 Å². The summed E-state index contributed by atoms with van der Waals surface area (Å²) < 4.78 is 9.96. The monoisotopic (exact) mass is 265 g/mol. The van der Waals surface area contributed by atoms with Crippen LogP contribution in [0.25, 0.3) is 0 Å². The maximum atomic E-state index is 11.7. The SMILES string of the molecule is COC(=O)CCNC(=O)C(C)Oc1ccc(C)cc1. The van der Waals surface area contributed by atoms with Crippen LogP contribution in [0.3, 0.4) is 0 Å². The number of carbonyl (C=O) groups is 2. The fourth-order valence-electron chi connectivity index (χ4n) is 1.41. The standard InChI is InChI=1S/C14H19NO4/c1-10-4-6-12(7-5-10)19-11(2)14(17)15-9-8-13(16)18-3/h4-7,11H,8-9H2,1-3H3,(H,15,17). The van der Waals surface area contributed by atoms with Gasteiger partial charge in [-0.05, 0) is 26.0 Å². The van der Waals surface area contributed by atoms with Crippen molar-refractivity contribution >= 4 is 11.9 Å². The number of methoxy groups -OCH3 is 1. The normalized spacial score (nSPS) is 11.5. The summed E-state index contributed by atoms with van der Waals surface area (Å²) >= 11 is 0. The maximum absolute atomic E-state index is 11.7. The summed E-state index contributed by atoms with van der Waals surface area (Å²) in [6.45, 7) is 3.88. The minimum Gasteiger partial charge on any atom is -0.481 e. The summed E-state index contributed by atoms with van der Waals surface area (Å²) in [7, 11) is 1.31. The maximum Gasteiger partial charge on any atom is 0.307 e. The van der Waals surface area contributed by atoms with Crippen LogP contribution >= 0.6 is 0 Å². The molecule has 0 fully saturated rings. The first-order valence-electron chi connectivity index (χ1n) is 6.10. The minimum atomic E-state index is -0.611. The molecule has 0 heterocycles. The molecule has 0 radical (unpaired) electrons. The Morgan fingerprint density at radius 3 is 2.47 bits per heavy atom. The second-order valence-electron chi connectivity index (χ2n) is 4.19. The smallest absolute Gasteiger partial charge is 0.307 e. The van der Waals surface area contributed by atoms with Gasteiger partial charge in [0.1, 0.15) is 5.75 Å². The highest BCUT2D eigenvalue weighted by molar-refractivity contribution is 5.81. The summed E-state index contributed by atoms with van der Waals surface area (Å²) in [5.74, 6) is 0.0260. The Labute approximate surface area is 112 Å². The molecule has 1 N–H and O–H groups in total. The lowest BCUT2D eigenvalue weighted by atomic mass is 10.2. The zero-order chi connectivity index (χ0) is 14.3. The second-order valence-corrected chi connectivity index (χ2v) is 4.19. The number of benzene rings is 1. The van der Waals surface area contributed by atoms with Gasteiger partial charge in [-0.3, -0.25) is 9.59 Å². The summed E-state index contributed by atoms with van der Waals surface area (Å²) in [6, 6.07) is 7.45. The number of aryl methyl sites for hydroxylation is 1. The van der Waals surface area contributed by atoms with Gasteiger partial charge in [0.25, 0.3) is 5.91 Å². The predicted octanol–water partition coefficient (Wildman–Crippen LogP) is 1.44. The molecule has 1 unspecified atom stereocenters. The van der Waals surface area contributed by atoms with Crippen LogP contribution < -0.4 is 10.1 Å². The van der Waals surface area contributed by atoms with Crippen LogP contribution in [0, 0.1) is 6.92 Å². The first-order chi connectivity index (χ1) is 9.02. The lowest BCUT2D eigenvalue weighted by Crippen LogP contribution is -2.37. The molecular formula is C14H19NO4. The van der Waals surface area contributed by atoms with Gasteiger partial charge in [0, 0.05) is 6.54 Å². The van der Waals surface area contributed by atoms with Crippen LogP contribution in [0.5, 0.6) is 5.75 Å². The lowest BCUT2D eigenvalue weighted by molar-refractivity contribution is -0.140. The molecular weight excluding hydrogens is 246 g/mol. The van der Waals surface area contributed by atoms with Crippen LogP contribution in [0.15, 0.2) is 24.3 Å². The van der Waals surface area contributed by atoms with E-state index in [-0.39, 0.29) is 24.8 Å². The molecule has 0 spiro atoms. The Hall–Kier alpha value is -2.04. The van der Waals surface area contributed by atoms with Crippen LogP contribution in [0.1, 0.15) is 18.9 Å². The molecule has 19 heavy (non-hydrogen) atoms. The molecule has 0 saturated carbocycles. The van der Waals surface area contributed by atoms with E-state index in [0.29, 0.717) is 5.75 Å². The van der Waals surface area contributed by atoms with E-state index in [1.54, 1.807) is 6.92 Å². The van der Waals surface area contributed by atoms with Gasteiger partial charge in [0.2, 0.25) is 0 Å². The van der Waals surface area contributed by atoms with Crippen molar-refractivity contribution in [2.24, 2.45) is 0 Å². The Kier molecular flexibility index (Phi) is 5.85. The number of hydrogen-bond donors (Lipinski definition) is 1. The summed E-state index contributed by atoms with van der Waals surface area (Å²) in [5, 5.41) is 2.61. The first-order valence-corrected chi connectivity index (χ1v) is 6.10. The zero-order valence-corrected chi connectivity index (χ0v) is 11.4. The predicted molar refractivity (Wildman–Crippen MR) is 70.9 cm³/mol. The van der Waals surface area contributed by atoms with Gasteiger partial charge < -0.3 is 14.8 Å². The van der Waals surface area contributed by atoms with Crippen molar-refractivity contribution in [3.05, 3.63) is 29.8 Å². The average molecular weight is 265 g/mol. The number of rotatable bonds is 6. The molecule has 5 nitrogen and oxygen atoms in total. The average Bonchev–Trinajstić information content (AvgIpc) is 2.40. The van der Waals surface area contributed by atoms with E-state index in [1.807, 2.05) is 31.2 Å². The Morgan fingerprint density at radius 1 is 1.26 bits per heavy atom. The van der Waals surface area contributed by atoms with Crippen molar-refractivity contribution in [3.8, 4) is 5.75 Å². The van der Waals surface area contributed by atoms with Gasteiger partial charge in [-0.2, -0.15) is 0 Å². The molecule has 0 aliphatic heterocycles. The van der Waals surface area contributed by atoms with Crippen LogP contribution in [-0.2, 0) is 14.3 Å². The van der Waals surface area contributed by atoms with E-state index in [1.165, 1.54) is 7.11 Å². The highest BCUT2D eigenvalue weighted by Crippen LogP contribution is 2.13. The molecule has 0 saturated heterocycles. The van der Waals surface area contributed by atoms with Gasteiger partial charge in [0.05, 0.1) is 13.5 Å². The highest BCUT2D eigenvalue weighted by Gasteiger charge is 2.14. The van der Waals surface area contributed by atoms with Gasteiger partial charge in [-0.1, -0.05) is 17.7 Å².